The lowest BCUT2D eigenvalue weighted by Gasteiger charge is -2.39. The van der Waals surface area contributed by atoms with Crippen molar-refractivity contribution >= 4 is 17.6 Å². The Morgan fingerprint density at radius 2 is 0.882 bits per heavy atom. The Labute approximate surface area is 207 Å². The summed E-state index contributed by atoms with van der Waals surface area (Å²) < 4.78 is 37.2. The van der Waals surface area contributed by atoms with Gasteiger partial charge in [-0.3, -0.25) is 4.90 Å². The van der Waals surface area contributed by atoms with E-state index in [1.807, 2.05) is 0 Å². The molecule has 34 heavy (non-hydrogen) atoms. The maximum Gasteiger partial charge on any atom is 0.501 e. The van der Waals surface area contributed by atoms with E-state index in [1.54, 1.807) is 0 Å². The Bertz CT molecular complexity index is 522. The van der Waals surface area contributed by atoms with Gasteiger partial charge in [0.05, 0.1) is 19.8 Å². The fraction of sp³-hybridized carbons (Fsp3) is 1.00. The lowest BCUT2D eigenvalue weighted by molar-refractivity contribution is -0.00907. The summed E-state index contributed by atoms with van der Waals surface area (Å²) in [4.78, 5) is 7.56. The normalized spacial score (nSPS) is 38.5. The standard InChI is InChI=1S/C23H45N3O6Si2/c1(21-33-27-15-3-23(4-16-28-33)5-17-29-33)6-24-8-10-25(11-9-24)7-2-22-34-30-18-12-26(13-19-31-34)14-20-32-34/h23H,1-22H2. The van der Waals surface area contributed by atoms with Crippen LogP contribution in [0.4, 0.5) is 0 Å². The minimum absolute atomic E-state index is 0.715. The number of nitrogens with zero attached hydrogens (tertiary/aromatic N) is 3. The van der Waals surface area contributed by atoms with Crippen molar-refractivity contribution in [2.75, 3.05) is 98.5 Å². The smallest absolute Gasteiger partial charge is 0.373 e. The summed E-state index contributed by atoms with van der Waals surface area (Å²) in [5.74, 6) is 0.715. The van der Waals surface area contributed by atoms with Crippen LogP contribution in [0, 0.1) is 5.92 Å². The van der Waals surface area contributed by atoms with E-state index in [-0.39, 0.29) is 0 Å². The number of piperazine rings is 1. The predicted octanol–water partition coefficient (Wildman–Crippen LogP) is 1.50. The molecule has 0 spiro atoms. The highest BCUT2D eigenvalue weighted by molar-refractivity contribution is 6.61. The Morgan fingerprint density at radius 3 is 1.29 bits per heavy atom. The third kappa shape index (κ3) is 7.09. The molecule has 7 aliphatic rings. The van der Waals surface area contributed by atoms with Gasteiger partial charge in [-0.1, -0.05) is 0 Å². The van der Waals surface area contributed by atoms with Crippen LogP contribution < -0.4 is 0 Å². The van der Waals surface area contributed by atoms with Gasteiger partial charge >= 0.3 is 17.6 Å². The minimum atomic E-state index is -2.47. The van der Waals surface area contributed by atoms with E-state index in [0.29, 0.717) is 5.92 Å². The highest BCUT2D eigenvalue weighted by Gasteiger charge is 2.44. The Balaban J connectivity index is 0.985. The van der Waals surface area contributed by atoms with Crippen molar-refractivity contribution in [3.63, 3.8) is 0 Å². The van der Waals surface area contributed by atoms with E-state index in [4.69, 9.17) is 26.6 Å². The summed E-state index contributed by atoms with van der Waals surface area (Å²) in [6, 6.07) is 1.91. The van der Waals surface area contributed by atoms with Gasteiger partial charge in [-0.15, -0.1) is 0 Å². The molecule has 7 saturated heterocycles. The number of rotatable bonds is 8. The van der Waals surface area contributed by atoms with Crippen molar-refractivity contribution in [3.8, 4) is 0 Å². The average molecular weight is 516 g/mol. The molecular formula is C23H45N3O6Si2. The summed E-state index contributed by atoms with van der Waals surface area (Å²) in [5.41, 5.74) is 0. The van der Waals surface area contributed by atoms with E-state index in [0.717, 1.165) is 123 Å². The molecular weight excluding hydrogens is 470 g/mol. The van der Waals surface area contributed by atoms with Gasteiger partial charge in [0.25, 0.3) is 0 Å². The second-order valence-corrected chi connectivity index (χ2v) is 15.9. The van der Waals surface area contributed by atoms with Gasteiger partial charge in [0, 0.05) is 77.7 Å². The number of fused-ring (bicyclic) bond motifs is 12. The molecule has 0 unspecified atom stereocenters. The Morgan fingerprint density at radius 1 is 0.500 bits per heavy atom. The summed E-state index contributed by atoms with van der Waals surface area (Å²) in [7, 11) is -4.92. The molecule has 0 N–H and O–H groups in total. The van der Waals surface area contributed by atoms with Gasteiger partial charge in [0.1, 0.15) is 0 Å². The summed E-state index contributed by atoms with van der Waals surface area (Å²) in [6.45, 7) is 14.5. The molecule has 0 atom stereocenters. The van der Waals surface area contributed by atoms with Crippen molar-refractivity contribution in [1.29, 1.82) is 0 Å². The molecule has 9 nitrogen and oxygen atoms in total. The first-order valence-electron chi connectivity index (χ1n) is 13.7. The SMILES string of the molecule is C(CN1CCN(CCC[Si]23OCCN(CCO2)CCO3)CC1)C[Si]12OCCC(CCO1)CCO2. The van der Waals surface area contributed by atoms with E-state index in [1.165, 1.54) is 19.3 Å². The third-order valence-electron chi connectivity index (χ3n) is 8.11. The van der Waals surface area contributed by atoms with E-state index in [9.17, 15) is 0 Å². The van der Waals surface area contributed by atoms with Crippen molar-refractivity contribution in [1.82, 2.24) is 14.7 Å². The zero-order valence-corrected chi connectivity index (χ0v) is 22.9. The van der Waals surface area contributed by atoms with Gasteiger partial charge in [0.2, 0.25) is 0 Å². The van der Waals surface area contributed by atoms with Gasteiger partial charge in [-0.25, -0.2) is 0 Å². The molecule has 4 bridgehead atoms. The van der Waals surface area contributed by atoms with Crippen LogP contribution in [0.15, 0.2) is 0 Å². The number of hydrogen-bond acceptors (Lipinski definition) is 9. The fourth-order valence-electron chi connectivity index (χ4n) is 5.86. The van der Waals surface area contributed by atoms with Crippen LogP contribution in [0.3, 0.4) is 0 Å². The second kappa shape index (κ2) is 12.5. The molecule has 0 aromatic rings. The number of hydrogen-bond donors (Lipinski definition) is 0. The average Bonchev–Trinajstić information content (AvgIpc) is 2.75. The lowest BCUT2D eigenvalue weighted by Crippen LogP contribution is -2.55. The van der Waals surface area contributed by atoms with Crippen molar-refractivity contribution in [2.45, 2.75) is 44.2 Å². The molecule has 7 aliphatic heterocycles. The van der Waals surface area contributed by atoms with Crippen LogP contribution in [0.1, 0.15) is 32.1 Å². The highest BCUT2D eigenvalue weighted by atomic mass is 28.4. The molecule has 7 heterocycles. The maximum atomic E-state index is 6.22. The first-order chi connectivity index (χ1) is 16.7. The monoisotopic (exact) mass is 515 g/mol. The third-order valence-corrected chi connectivity index (χ3v) is 13.9. The van der Waals surface area contributed by atoms with Gasteiger partial charge < -0.3 is 36.4 Å². The van der Waals surface area contributed by atoms with Crippen LogP contribution in [-0.4, -0.2) is 131 Å². The maximum absolute atomic E-state index is 6.22. The van der Waals surface area contributed by atoms with Crippen LogP contribution in [0.25, 0.3) is 0 Å². The first kappa shape index (κ1) is 25.7. The zero-order valence-electron chi connectivity index (χ0n) is 20.9. The molecule has 0 saturated carbocycles. The van der Waals surface area contributed by atoms with E-state index in [2.05, 4.69) is 14.7 Å². The van der Waals surface area contributed by atoms with Gasteiger partial charge in [0.15, 0.2) is 0 Å². The van der Waals surface area contributed by atoms with Crippen molar-refractivity contribution in [2.24, 2.45) is 5.92 Å². The minimum Gasteiger partial charge on any atom is -0.373 e. The van der Waals surface area contributed by atoms with Crippen LogP contribution in [0.2, 0.25) is 12.1 Å². The topological polar surface area (TPSA) is 65.1 Å². The Hall–Kier alpha value is 0.0738. The largest absolute Gasteiger partial charge is 0.501 e. The summed E-state index contributed by atoms with van der Waals surface area (Å²) in [6.07, 6.45) is 5.73. The predicted molar refractivity (Wildman–Crippen MR) is 133 cm³/mol. The van der Waals surface area contributed by atoms with Gasteiger partial charge in [-0.05, 0) is 51.1 Å². The Kier molecular flexibility index (Phi) is 9.49. The highest BCUT2D eigenvalue weighted by Crippen LogP contribution is 2.29. The molecule has 7 rings (SSSR count). The fourth-order valence-corrected chi connectivity index (χ4v) is 10.9. The van der Waals surface area contributed by atoms with E-state index < -0.39 is 17.6 Å². The van der Waals surface area contributed by atoms with Crippen LogP contribution >= 0.6 is 0 Å². The summed E-state index contributed by atoms with van der Waals surface area (Å²) in [5, 5.41) is 0. The quantitative estimate of drug-likeness (QED) is 0.448. The van der Waals surface area contributed by atoms with Crippen molar-refractivity contribution in [3.05, 3.63) is 0 Å². The molecule has 0 radical (unpaired) electrons. The first-order valence-corrected chi connectivity index (χ1v) is 17.6. The molecule has 0 aromatic heterocycles. The molecule has 196 valence electrons. The van der Waals surface area contributed by atoms with Gasteiger partial charge in [-0.2, -0.15) is 0 Å². The molecule has 0 aromatic carbocycles. The summed E-state index contributed by atoms with van der Waals surface area (Å²) >= 11 is 0. The van der Waals surface area contributed by atoms with Crippen molar-refractivity contribution < 1.29 is 26.6 Å². The molecule has 0 aliphatic carbocycles. The molecule has 11 heteroatoms. The second-order valence-electron chi connectivity index (χ2n) is 10.4. The van der Waals surface area contributed by atoms with Crippen LogP contribution in [0.5, 0.6) is 0 Å². The zero-order chi connectivity index (χ0) is 23.1. The van der Waals surface area contributed by atoms with Crippen LogP contribution in [-0.2, 0) is 26.6 Å². The van der Waals surface area contributed by atoms with E-state index >= 15 is 0 Å². The molecule has 7 fully saturated rings. The lowest BCUT2D eigenvalue weighted by atomic mass is 9.99. The molecule has 0 amide bonds.